The molecule has 3 aliphatic rings. The predicted molar refractivity (Wildman–Crippen MR) is 112 cm³/mol. The molecule has 0 aromatic heterocycles. The molecule has 1 atom stereocenters. The third kappa shape index (κ3) is 3.39. The van der Waals surface area contributed by atoms with Crippen molar-refractivity contribution in [1.29, 1.82) is 0 Å². The number of hydrogen-bond acceptors (Lipinski definition) is 6. The lowest BCUT2D eigenvalue weighted by atomic mass is 9.90. The fourth-order valence-electron chi connectivity index (χ4n) is 4.80. The van der Waals surface area contributed by atoms with Gasteiger partial charge in [0.15, 0.2) is 11.5 Å². The summed E-state index contributed by atoms with van der Waals surface area (Å²) in [7, 11) is 3.74. The Balaban J connectivity index is 1.59. The zero-order valence-corrected chi connectivity index (χ0v) is 17.6. The summed E-state index contributed by atoms with van der Waals surface area (Å²) in [6.07, 6.45) is 2.14. The molecule has 0 aliphatic carbocycles. The number of likely N-dealkylation sites (tertiary alicyclic amines) is 1. The predicted octanol–water partition coefficient (Wildman–Crippen LogP) is 4.26. The normalized spacial score (nSPS) is 22.0. The number of ether oxygens (including phenoxy) is 3. The average molecular weight is 429 g/mol. The van der Waals surface area contributed by atoms with Crippen LogP contribution < -0.4 is 14.2 Å². The first-order valence-corrected chi connectivity index (χ1v) is 10.5. The highest BCUT2D eigenvalue weighted by molar-refractivity contribution is 6.04. The van der Waals surface area contributed by atoms with Gasteiger partial charge in [-0.15, -0.1) is 0 Å². The Morgan fingerprint density at radius 3 is 2.58 bits per heavy atom. The molecule has 3 aliphatic heterocycles. The Labute approximate surface area is 180 Å². The molecule has 6 nitrogen and oxygen atoms in total. The molecule has 1 fully saturated rings. The Bertz CT molecular complexity index is 1010. The Kier molecular flexibility index (Phi) is 4.97. The van der Waals surface area contributed by atoms with Crippen molar-refractivity contribution in [3.8, 4) is 17.2 Å². The van der Waals surface area contributed by atoms with Crippen LogP contribution in [0.25, 0.3) is 0 Å². The zero-order valence-electron chi connectivity index (χ0n) is 17.6. The molecule has 31 heavy (non-hydrogen) atoms. The van der Waals surface area contributed by atoms with Crippen molar-refractivity contribution < 1.29 is 23.0 Å². The molecule has 0 saturated carbocycles. The zero-order chi connectivity index (χ0) is 21.6. The van der Waals surface area contributed by atoms with Crippen molar-refractivity contribution in [3.05, 3.63) is 53.6 Å². The number of hydrazone groups is 1. The highest BCUT2D eigenvalue weighted by Gasteiger charge is 2.52. The highest BCUT2D eigenvalue weighted by Crippen LogP contribution is 2.52. The summed E-state index contributed by atoms with van der Waals surface area (Å²) < 4.78 is 43.0. The first-order chi connectivity index (χ1) is 15.0. The number of para-hydroxylation sites is 2. The third-order valence-corrected chi connectivity index (χ3v) is 6.39. The average Bonchev–Trinajstić information content (AvgIpc) is 3.22. The molecule has 1 saturated heterocycles. The van der Waals surface area contributed by atoms with Crippen LogP contribution in [0.5, 0.6) is 17.2 Å². The van der Waals surface area contributed by atoms with Crippen molar-refractivity contribution in [2.24, 2.45) is 5.10 Å². The molecule has 5 rings (SSSR count). The number of rotatable bonds is 4. The van der Waals surface area contributed by atoms with Crippen molar-refractivity contribution in [2.75, 3.05) is 27.2 Å². The van der Waals surface area contributed by atoms with E-state index in [4.69, 9.17) is 19.3 Å². The van der Waals surface area contributed by atoms with Gasteiger partial charge in [0.25, 0.3) is 0 Å². The van der Waals surface area contributed by atoms with E-state index in [9.17, 15) is 8.78 Å². The molecule has 2 aromatic rings. The van der Waals surface area contributed by atoms with E-state index in [2.05, 4.69) is 17.0 Å². The maximum atomic E-state index is 13.0. The summed E-state index contributed by atoms with van der Waals surface area (Å²) >= 11 is 0. The maximum Gasteiger partial charge on any atom is 0.387 e. The van der Waals surface area contributed by atoms with E-state index < -0.39 is 12.3 Å². The summed E-state index contributed by atoms with van der Waals surface area (Å²) in [5, 5.41) is 7.00. The number of methoxy groups -OCH3 is 1. The molecule has 0 N–H and O–H groups in total. The molecule has 3 heterocycles. The van der Waals surface area contributed by atoms with Gasteiger partial charge in [0.05, 0.1) is 18.9 Å². The number of piperidine rings is 1. The largest absolute Gasteiger partial charge is 0.493 e. The van der Waals surface area contributed by atoms with Crippen LogP contribution in [-0.2, 0) is 0 Å². The molecule has 1 unspecified atom stereocenters. The lowest BCUT2D eigenvalue weighted by Gasteiger charge is -2.50. The van der Waals surface area contributed by atoms with E-state index in [1.165, 1.54) is 0 Å². The number of nitrogens with zero attached hydrogens (tertiary/aromatic N) is 3. The minimum absolute atomic E-state index is 0.0585. The van der Waals surface area contributed by atoms with Gasteiger partial charge in [-0.05, 0) is 25.2 Å². The second kappa shape index (κ2) is 7.67. The minimum atomic E-state index is -2.89. The van der Waals surface area contributed by atoms with Crippen molar-refractivity contribution in [2.45, 2.75) is 37.6 Å². The monoisotopic (exact) mass is 429 g/mol. The van der Waals surface area contributed by atoms with E-state index >= 15 is 0 Å². The smallest absolute Gasteiger partial charge is 0.387 e. The van der Waals surface area contributed by atoms with Gasteiger partial charge in [0, 0.05) is 43.5 Å². The van der Waals surface area contributed by atoms with Gasteiger partial charge in [-0.3, -0.25) is 0 Å². The lowest BCUT2D eigenvalue weighted by Crippen LogP contribution is -2.58. The summed E-state index contributed by atoms with van der Waals surface area (Å²) in [4.78, 5) is 2.27. The Morgan fingerprint density at radius 2 is 1.84 bits per heavy atom. The van der Waals surface area contributed by atoms with E-state index in [0.717, 1.165) is 43.0 Å². The van der Waals surface area contributed by atoms with Gasteiger partial charge in [-0.25, -0.2) is 5.01 Å². The van der Waals surface area contributed by atoms with E-state index in [0.29, 0.717) is 17.7 Å². The Hall–Kier alpha value is -2.87. The van der Waals surface area contributed by atoms with Crippen LogP contribution in [0.2, 0.25) is 0 Å². The fourth-order valence-corrected chi connectivity index (χ4v) is 4.80. The lowest BCUT2D eigenvalue weighted by molar-refractivity contribution is -0.148. The molecular weight excluding hydrogens is 404 g/mol. The van der Waals surface area contributed by atoms with Gasteiger partial charge >= 0.3 is 6.61 Å². The highest BCUT2D eigenvalue weighted by atomic mass is 19.3. The first kappa shape index (κ1) is 20.1. The summed E-state index contributed by atoms with van der Waals surface area (Å²) in [5.41, 5.74) is 1.71. The summed E-state index contributed by atoms with van der Waals surface area (Å²) in [6, 6.07) is 12.6. The minimum Gasteiger partial charge on any atom is -0.493 e. The van der Waals surface area contributed by atoms with Gasteiger partial charge in [0.2, 0.25) is 5.72 Å². The fraction of sp³-hybridized carbons (Fsp3) is 0.435. The van der Waals surface area contributed by atoms with Crippen molar-refractivity contribution in [3.63, 3.8) is 0 Å². The molecule has 1 spiro atoms. The van der Waals surface area contributed by atoms with Crippen molar-refractivity contribution in [1.82, 2.24) is 9.91 Å². The molecule has 0 bridgehead atoms. The molecular formula is C23H25F2N3O3. The van der Waals surface area contributed by atoms with Gasteiger partial charge in [-0.2, -0.15) is 13.9 Å². The summed E-state index contributed by atoms with van der Waals surface area (Å²) in [5.74, 6) is 1.59. The number of halogens is 2. The van der Waals surface area contributed by atoms with Gasteiger partial charge < -0.3 is 19.1 Å². The Morgan fingerprint density at radius 1 is 1.10 bits per heavy atom. The van der Waals surface area contributed by atoms with E-state index in [-0.39, 0.29) is 11.8 Å². The van der Waals surface area contributed by atoms with E-state index in [1.807, 2.05) is 24.3 Å². The van der Waals surface area contributed by atoms with Crippen LogP contribution >= 0.6 is 0 Å². The van der Waals surface area contributed by atoms with E-state index in [1.54, 1.807) is 25.3 Å². The molecule has 0 amide bonds. The maximum absolute atomic E-state index is 13.0. The molecule has 164 valence electrons. The molecule has 0 radical (unpaired) electrons. The SMILES string of the molecule is COc1cccc2c1OC1(CCN(C)CC1)N1N=C(c3ccccc3OC(F)F)CC21. The van der Waals surface area contributed by atoms with Crippen LogP contribution in [0.4, 0.5) is 8.78 Å². The van der Waals surface area contributed by atoms with Crippen LogP contribution in [-0.4, -0.2) is 55.2 Å². The van der Waals surface area contributed by atoms with Crippen LogP contribution in [0.15, 0.2) is 47.6 Å². The van der Waals surface area contributed by atoms with Crippen LogP contribution in [0, 0.1) is 0 Å². The summed E-state index contributed by atoms with van der Waals surface area (Å²) in [6.45, 7) is -1.13. The third-order valence-electron chi connectivity index (χ3n) is 6.39. The first-order valence-electron chi connectivity index (χ1n) is 10.5. The number of alkyl halides is 2. The number of fused-ring (bicyclic) bond motifs is 4. The van der Waals surface area contributed by atoms with Gasteiger partial charge in [0.1, 0.15) is 5.75 Å². The van der Waals surface area contributed by atoms with Gasteiger partial charge in [-0.1, -0.05) is 24.3 Å². The number of benzene rings is 2. The van der Waals surface area contributed by atoms with Crippen LogP contribution in [0.3, 0.4) is 0 Å². The second-order valence-corrected chi connectivity index (χ2v) is 8.22. The molecule has 8 heteroatoms. The quantitative estimate of drug-likeness (QED) is 0.727. The molecule has 2 aromatic carbocycles. The topological polar surface area (TPSA) is 46.5 Å². The second-order valence-electron chi connectivity index (χ2n) is 8.22. The standard InChI is InChI=1S/C23H25F2N3O3/c1-27-12-10-23(11-13-27)28-18(16-7-5-9-20(29-2)21(16)31-23)14-17(26-28)15-6-3-4-8-19(15)30-22(24)25/h3-9,18,22H,10-14H2,1-2H3. The number of hydrogen-bond donors (Lipinski definition) is 0. The van der Waals surface area contributed by atoms with Crippen molar-refractivity contribution >= 4 is 5.71 Å². The van der Waals surface area contributed by atoms with Crippen LogP contribution in [0.1, 0.15) is 36.4 Å².